The molecular weight excluding hydrogens is 464 g/mol. The summed E-state index contributed by atoms with van der Waals surface area (Å²) in [4.78, 5) is 13.1. The van der Waals surface area contributed by atoms with Crippen molar-refractivity contribution in [2.45, 2.75) is 18.6 Å². The lowest BCUT2D eigenvalue weighted by molar-refractivity contribution is -0.0189. The number of methoxy groups -OCH3 is 2. The molecule has 1 aliphatic heterocycles. The summed E-state index contributed by atoms with van der Waals surface area (Å²) >= 11 is 0. The molecule has 0 spiro atoms. The summed E-state index contributed by atoms with van der Waals surface area (Å²) in [5.74, 6) is -3.68. The van der Waals surface area contributed by atoms with Gasteiger partial charge in [0.15, 0.2) is 34.9 Å². The highest BCUT2D eigenvalue weighted by Gasteiger charge is 2.37. The Morgan fingerprint density at radius 1 is 0.829 bits per heavy atom. The number of benzene rings is 3. The molecule has 0 saturated carbocycles. The molecule has 4 rings (SSSR count). The van der Waals surface area contributed by atoms with Crippen LogP contribution in [0.15, 0.2) is 36.4 Å². The molecule has 0 aromatic heterocycles. The number of phenols is 6. The predicted octanol–water partition coefficient (Wildman–Crippen LogP) is 2.84. The van der Waals surface area contributed by atoms with E-state index in [0.29, 0.717) is 0 Å². The van der Waals surface area contributed by atoms with Gasteiger partial charge in [-0.05, 0) is 24.3 Å². The second kappa shape index (κ2) is 8.93. The third-order valence-corrected chi connectivity index (χ3v) is 5.56. The summed E-state index contributed by atoms with van der Waals surface area (Å²) < 4.78 is 21.7. The smallest absolute Gasteiger partial charge is 0.338 e. The van der Waals surface area contributed by atoms with Crippen molar-refractivity contribution in [2.75, 3.05) is 14.2 Å². The first-order chi connectivity index (χ1) is 16.6. The number of carbonyl (C=O) groups excluding carboxylic acids is 1. The summed E-state index contributed by atoms with van der Waals surface area (Å²) in [7, 11) is 2.60. The van der Waals surface area contributed by atoms with Crippen molar-refractivity contribution >= 4 is 5.97 Å². The van der Waals surface area contributed by atoms with Gasteiger partial charge in [0.05, 0.1) is 19.8 Å². The zero-order valence-electron chi connectivity index (χ0n) is 18.6. The van der Waals surface area contributed by atoms with E-state index in [1.807, 2.05) is 0 Å². The van der Waals surface area contributed by atoms with E-state index in [1.165, 1.54) is 32.4 Å². The molecule has 11 nitrogen and oxygen atoms in total. The number of hydrogen-bond acceptors (Lipinski definition) is 11. The van der Waals surface area contributed by atoms with Crippen molar-refractivity contribution in [3.63, 3.8) is 0 Å². The Bertz CT molecular complexity index is 1250. The van der Waals surface area contributed by atoms with Crippen LogP contribution < -0.4 is 14.2 Å². The van der Waals surface area contributed by atoms with Crippen LogP contribution in [0.5, 0.6) is 51.7 Å². The Balaban J connectivity index is 1.75. The first kappa shape index (κ1) is 23.5. The summed E-state index contributed by atoms with van der Waals surface area (Å²) in [5, 5.41) is 59.9. The molecular formula is C24H22O11. The van der Waals surface area contributed by atoms with Crippen molar-refractivity contribution in [3.05, 3.63) is 53.1 Å². The minimum absolute atomic E-state index is 0.0209. The Morgan fingerprint density at radius 3 is 2.00 bits per heavy atom. The number of carbonyl (C=O) groups is 1. The van der Waals surface area contributed by atoms with Gasteiger partial charge in [-0.25, -0.2) is 4.79 Å². The van der Waals surface area contributed by atoms with E-state index in [9.17, 15) is 35.4 Å². The van der Waals surface area contributed by atoms with Crippen molar-refractivity contribution in [2.24, 2.45) is 0 Å². The van der Waals surface area contributed by atoms with E-state index >= 15 is 0 Å². The van der Waals surface area contributed by atoms with Gasteiger partial charge in [0.25, 0.3) is 0 Å². The fourth-order valence-corrected chi connectivity index (χ4v) is 3.84. The first-order valence-electron chi connectivity index (χ1n) is 10.2. The highest BCUT2D eigenvalue weighted by atomic mass is 16.6. The largest absolute Gasteiger partial charge is 0.508 e. The van der Waals surface area contributed by atoms with Gasteiger partial charge in [-0.1, -0.05) is 0 Å². The molecule has 11 heteroatoms. The average Bonchev–Trinajstić information content (AvgIpc) is 2.82. The lowest BCUT2D eigenvalue weighted by Gasteiger charge is -2.34. The summed E-state index contributed by atoms with van der Waals surface area (Å²) in [6.45, 7) is 0. The Morgan fingerprint density at radius 2 is 1.43 bits per heavy atom. The van der Waals surface area contributed by atoms with Gasteiger partial charge >= 0.3 is 5.97 Å². The molecule has 0 bridgehead atoms. The van der Waals surface area contributed by atoms with Crippen LogP contribution in [-0.2, 0) is 11.2 Å². The second-order valence-corrected chi connectivity index (χ2v) is 7.77. The molecule has 6 N–H and O–H groups in total. The SMILES string of the molecule is COc1cc(C(=O)O[C@@H]2Cc3c(O)cc(O)cc3O[C@@H]2c2cc(O)c(O)c(O)c2)cc(OC)c1O. The maximum absolute atomic E-state index is 13.1. The van der Waals surface area contributed by atoms with Crippen LogP contribution in [0.3, 0.4) is 0 Å². The molecule has 2 atom stereocenters. The quantitative estimate of drug-likeness (QED) is 0.231. The Hall–Kier alpha value is -4.67. The first-order valence-corrected chi connectivity index (χ1v) is 10.2. The number of hydrogen-bond donors (Lipinski definition) is 6. The van der Waals surface area contributed by atoms with Crippen molar-refractivity contribution in [1.82, 2.24) is 0 Å². The van der Waals surface area contributed by atoms with E-state index in [4.69, 9.17) is 18.9 Å². The van der Waals surface area contributed by atoms with Crippen LogP contribution in [0.1, 0.15) is 27.6 Å². The fraction of sp³-hybridized carbons (Fsp3) is 0.208. The minimum Gasteiger partial charge on any atom is -0.508 e. The molecule has 1 aliphatic rings. The van der Waals surface area contributed by atoms with E-state index in [1.54, 1.807) is 0 Å². The average molecular weight is 486 g/mol. The Kier molecular flexibility index (Phi) is 6.00. The van der Waals surface area contributed by atoms with E-state index in [2.05, 4.69) is 0 Å². The molecule has 0 unspecified atom stereocenters. The summed E-state index contributed by atoms with van der Waals surface area (Å²) in [5.41, 5.74) is 0.377. The molecule has 0 radical (unpaired) electrons. The van der Waals surface area contributed by atoms with Crippen LogP contribution in [0.25, 0.3) is 0 Å². The van der Waals surface area contributed by atoms with Crippen LogP contribution >= 0.6 is 0 Å². The molecule has 3 aromatic carbocycles. The van der Waals surface area contributed by atoms with E-state index < -0.39 is 35.4 Å². The zero-order valence-corrected chi connectivity index (χ0v) is 18.6. The van der Waals surface area contributed by atoms with Gasteiger partial charge in [-0.15, -0.1) is 0 Å². The van der Waals surface area contributed by atoms with Gasteiger partial charge in [-0.3, -0.25) is 0 Å². The highest BCUT2D eigenvalue weighted by molar-refractivity contribution is 5.91. The Labute approximate surface area is 198 Å². The van der Waals surface area contributed by atoms with Gasteiger partial charge in [0.1, 0.15) is 23.4 Å². The van der Waals surface area contributed by atoms with Crippen LogP contribution in [-0.4, -0.2) is 56.9 Å². The van der Waals surface area contributed by atoms with E-state index in [-0.39, 0.29) is 57.6 Å². The van der Waals surface area contributed by atoms with E-state index in [0.717, 1.165) is 18.2 Å². The molecule has 35 heavy (non-hydrogen) atoms. The third kappa shape index (κ3) is 4.31. The van der Waals surface area contributed by atoms with Crippen LogP contribution in [0.2, 0.25) is 0 Å². The molecule has 3 aromatic rings. The molecule has 0 fully saturated rings. The normalized spacial score (nSPS) is 16.6. The van der Waals surface area contributed by atoms with Gasteiger partial charge in [0.2, 0.25) is 5.75 Å². The van der Waals surface area contributed by atoms with Gasteiger partial charge < -0.3 is 49.6 Å². The number of ether oxygens (including phenoxy) is 4. The number of fused-ring (bicyclic) bond motifs is 1. The van der Waals surface area contributed by atoms with Crippen molar-refractivity contribution < 1.29 is 54.4 Å². The van der Waals surface area contributed by atoms with Gasteiger partial charge in [-0.2, -0.15) is 0 Å². The number of phenolic OH excluding ortho intramolecular Hbond substituents is 6. The van der Waals surface area contributed by atoms with Crippen molar-refractivity contribution in [3.8, 4) is 51.7 Å². The lowest BCUT2D eigenvalue weighted by atomic mass is 9.93. The van der Waals surface area contributed by atoms with Crippen molar-refractivity contribution in [1.29, 1.82) is 0 Å². The molecule has 0 aliphatic carbocycles. The standard InChI is InChI=1S/C24H22O11/c1-32-18-5-11(6-19(33-2)22(18)30)24(31)35-20-9-13-14(26)7-12(25)8-17(13)34-23(20)10-3-15(27)21(29)16(28)4-10/h3-8,20,23,25-30H,9H2,1-2H3/t20-,23-/m1/s1. The lowest BCUT2D eigenvalue weighted by Crippen LogP contribution is -2.34. The molecule has 0 saturated heterocycles. The monoisotopic (exact) mass is 486 g/mol. The topological polar surface area (TPSA) is 175 Å². The van der Waals surface area contributed by atoms with Crippen LogP contribution in [0, 0.1) is 0 Å². The zero-order chi connectivity index (χ0) is 25.4. The maximum Gasteiger partial charge on any atom is 0.338 e. The third-order valence-electron chi connectivity index (χ3n) is 5.56. The summed E-state index contributed by atoms with van der Waals surface area (Å²) in [6.07, 6.45) is -2.28. The molecule has 184 valence electrons. The molecule has 1 heterocycles. The number of aromatic hydroxyl groups is 6. The maximum atomic E-state index is 13.1. The van der Waals surface area contributed by atoms with Crippen LogP contribution in [0.4, 0.5) is 0 Å². The summed E-state index contributed by atoms with van der Waals surface area (Å²) in [6, 6.07) is 7.12. The minimum atomic E-state index is -1.12. The number of esters is 1. The molecule has 0 amide bonds. The number of rotatable bonds is 5. The van der Waals surface area contributed by atoms with Gasteiger partial charge in [0, 0.05) is 29.7 Å². The fourth-order valence-electron chi connectivity index (χ4n) is 3.84. The predicted molar refractivity (Wildman–Crippen MR) is 119 cm³/mol. The second-order valence-electron chi connectivity index (χ2n) is 7.77. The highest BCUT2D eigenvalue weighted by Crippen LogP contribution is 2.46.